The number of rotatable bonds is 5. The van der Waals surface area contributed by atoms with Crippen LogP contribution in [0, 0.1) is 5.82 Å². The van der Waals surface area contributed by atoms with Crippen molar-refractivity contribution in [1.29, 1.82) is 0 Å². The topological polar surface area (TPSA) is 64.3 Å². The molecule has 0 saturated heterocycles. The lowest BCUT2D eigenvalue weighted by Crippen LogP contribution is -2.06. The fourth-order valence-corrected chi connectivity index (χ4v) is 2.86. The molecule has 3 heterocycles. The number of ether oxygens (including phenoxy) is 1. The lowest BCUT2D eigenvalue weighted by atomic mass is 10.1. The van der Waals surface area contributed by atoms with E-state index in [4.69, 9.17) is 4.74 Å². The number of halogens is 1. The molecule has 1 N–H and O–H groups in total. The van der Waals surface area contributed by atoms with Crippen LogP contribution >= 0.6 is 0 Å². The van der Waals surface area contributed by atoms with Crippen LogP contribution < -0.4 is 10.1 Å². The quantitative estimate of drug-likeness (QED) is 0.597. The minimum atomic E-state index is -0.325. The lowest BCUT2D eigenvalue weighted by Gasteiger charge is -2.13. The molecule has 0 aliphatic heterocycles. The van der Waals surface area contributed by atoms with Gasteiger partial charge in [0.15, 0.2) is 5.65 Å². The van der Waals surface area contributed by atoms with E-state index < -0.39 is 0 Å². The highest BCUT2D eigenvalue weighted by Gasteiger charge is 2.11. The molecule has 0 bridgehead atoms. The Balaban J connectivity index is 1.66. The summed E-state index contributed by atoms with van der Waals surface area (Å²) in [6.45, 7) is 0.478. The zero-order valence-corrected chi connectivity index (χ0v) is 14.1. The van der Waals surface area contributed by atoms with Gasteiger partial charge in [0.1, 0.15) is 23.7 Å². The third kappa shape index (κ3) is 2.95. The Labute approximate surface area is 149 Å². The van der Waals surface area contributed by atoms with Crippen molar-refractivity contribution in [2.45, 2.75) is 6.54 Å². The second-order valence-electron chi connectivity index (χ2n) is 5.70. The highest BCUT2D eigenvalue weighted by molar-refractivity contribution is 5.78. The third-order valence-corrected chi connectivity index (χ3v) is 4.16. The van der Waals surface area contributed by atoms with Gasteiger partial charge in [-0.3, -0.25) is 9.38 Å². The summed E-state index contributed by atoms with van der Waals surface area (Å²) in [7, 11) is 1.53. The SMILES string of the molecule is COc1cc(F)ccc1CNc1ccc(-c2ccncc2)c2nncn12. The predicted octanol–water partition coefficient (Wildman–Crippen LogP) is 3.55. The zero-order valence-electron chi connectivity index (χ0n) is 14.1. The van der Waals surface area contributed by atoms with Gasteiger partial charge in [0.2, 0.25) is 0 Å². The first-order valence-corrected chi connectivity index (χ1v) is 8.05. The number of benzene rings is 1. The molecule has 4 rings (SSSR count). The second-order valence-corrected chi connectivity index (χ2v) is 5.70. The number of hydrogen-bond acceptors (Lipinski definition) is 5. The summed E-state index contributed by atoms with van der Waals surface area (Å²) in [5, 5.41) is 11.6. The summed E-state index contributed by atoms with van der Waals surface area (Å²) < 4.78 is 20.5. The molecule has 0 amide bonds. The van der Waals surface area contributed by atoms with Crippen LogP contribution in [0.2, 0.25) is 0 Å². The Morgan fingerprint density at radius 2 is 1.96 bits per heavy atom. The van der Waals surface area contributed by atoms with E-state index in [2.05, 4.69) is 20.5 Å². The molecule has 0 aliphatic carbocycles. The van der Waals surface area contributed by atoms with Crippen LogP contribution in [-0.2, 0) is 6.54 Å². The standard InChI is InChI=1S/C19H16FN5O/c1-26-17-10-15(20)3-2-14(17)11-22-18-5-4-16(13-6-8-21-9-7-13)19-24-23-12-25(18)19/h2-10,12,22H,11H2,1H3. The molecule has 0 unspecified atom stereocenters. The van der Waals surface area contributed by atoms with Crippen molar-refractivity contribution in [2.75, 3.05) is 12.4 Å². The molecule has 0 fully saturated rings. The van der Waals surface area contributed by atoms with Crippen molar-refractivity contribution in [3.8, 4) is 16.9 Å². The molecule has 6 nitrogen and oxygen atoms in total. The van der Waals surface area contributed by atoms with E-state index in [-0.39, 0.29) is 5.82 Å². The van der Waals surface area contributed by atoms with Crippen molar-refractivity contribution in [2.24, 2.45) is 0 Å². The zero-order chi connectivity index (χ0) is 17.9. The van der Waals surface area contributed by atoms with Crippen molar-refractivity contribution in [3.05, 3.63) is 72.6 Å². The predicted molar refractivity (Wildman–Crippen MR) is 96.5 cm³/mol. The van der Waals surface area contributed by atoms with Gasteiger partial charge in [-0.05, 0) is 35.9 Å². The molecule has 0 radical (unpaired) electrons. The van der Waals surface area contributed by atoms with E-state index in [1.807, 2.05) is 28.7 Å². The average molecular weight is 349 g/mol. The van der Waals surface area contributed by atoms with Gasteiger partial charge in [0, 0.05) is 36.1 Å². The number of hydrogen-bond donors (Lipinski definition) is 1. The molecule has 130 valence electrons. The van der Waals surface area contributed by atoms with Crippen LogP contribution in [-0.4, -0.2) is 26.7 Å². The van der Waals surface area contributed by atoms with Gasteiger partial charge in [-0.15, -0.1) is 10.2 Å². The maximum Gasteiger partial charge on any atom is 0.170 e. The van der Waals surface area contributed by atoms with Crippen molar-refractivity contribution in [1.82, 2.24) is 19.6 Å². The van der Waals surface area contributed by atoms with Gasteiger partial charge in [-0.1, -0.05) is 6.07 Å². The van der Waals surface area contributed by atoms with Crippen LogP contribution in [0.25, 0.3) is 16.8 Å². The maximum absolute atomic E-state index is 13.3. The summed E-state index contributed by atoms with van der Waals surface area (Å²) in [5.41, 5.74) is 3.58. The van der Waals surface area contributed by atoms with Crippen LogP contribution in [0.4, 0.5) is 10.2 Å². The first-order valence-electron chi connectivity index (χ1n) is 8.05. The van der Waals surface area contributed by atoms with Gasteiger partial charge >= 0.3 is 0 Å². The van der Waals surface area contributed by atoms with E-state index in [0.717, 1.165) is 28.2 Å². The molecule has 7 heteroatoms. The Hall–Kier alpha value is -3.48. The van der Waals surface area contributed by atoms with Gasteiger partial charge in [0.05, 0.1) is 7.11 Å². The van der Waals surface area contributed by atoms with Crippen LogP contribution in [0.15, 0.2) is 61.2 Å². The molecule has 4 aromatic rings. The fraction of sp³-hybridized carbons (Fsp3) is 0.105. The fourth-order valence-electron chi connectivity index (χ4n) is 2.86. The first-order chi connectivity index (χ1) is 12.8. The van der Waals surface area contributed by atoms with Gasteiger partial charge in [-0.25, -0.2) is 4.39 Å². The molecule has 3 aromatic heterocycles. The van der Waals surface area contributed by atoms with Gasteiger partial charge < -0.3 is 10.1 Å². The number of nitrogens with zero attached hydrogens (tertiary/aromatic N) is 4. The molecular formula is C19H16FN5O. The number of fused-ring (bicyclic) bond motifs is 1. The van der Waals surface area contributed by atoms with E-state index in [9.17, 15) is 4.39 Å². The number of methoxy groups -OCH3 is 1. The van der Waals surface area contributed by atoms with E-state index >= 15 is 0 Å². The Kier molecular flexibility index (Phi) is 4.18. The normalized spacial score (nSPS) is 10.8. The van der Waals surface area contributed by atoms with Gasteiger partial charge in [0.25, 0.3) is 0 Å². The highest BCUT2D eigenvalue weighted by atomic mass is 19.1. The lowest BCUT2D eigenvalue weighted by molar-refractivity contribution is 0.406. The van der Waals surface area contributed by atoms with E-state index in [0.29, 0.717) is 12.3 Å². The van der Waals surface area contributed by atoms with Crippen molar-refractivity contribution in [3.63, 3.8) is 0 Å². The summed E-state index contributed by atoms with van der Waals surface area (Å²) in [6.07, 6.45) is 5.15. The molecule has 0 atom stereocenters. The van der Waals surface area contributed by atoms with Crippen molar-refractivity contribution < 1.29 is 9.13 Å². The molecule has 0 saturated carbocycles. The van der Waals surface area contributed by atoms with Gasteiger partial charge in [-0.2, -0.15) is 0 Å². The summed E-state index contributed by atoms with van der Waals surface area (Å²) in [4.78, 5) is 4.05. The smallest absolute Gasteiger partial charge is 0.170 e. The first kappa shape index (κ1) is 16.0. The number of nitrogens with one attached hydrogen (secondary N) is 1. The summed E-state index contributed by atoms with van der Waals surface area (Å²) in [5.74, 6) is 1.01. The molecule has 26 heavy (non-hydrogen) atoms. The number of pyridine rings is 2. The Bertz CT molecular complexity index is 1050. The summed E-state index contributed by atoms with van der Waals surface area (Å²) in [6, 6.07) is 12.3. The van der Waals surface area contributed by atoms with E-state index in [1.54, 1.807) is 24.8 Å². The van der Waals surface area contributed by atoms with Crippen LogP contribution in [0.1, 0.15) is 5.56 Å². The number of anilines is 1. The second kappa shape index (κ2) is 6.79. The minimum Gasteiger partial charge on any atom is -0.496 e. The molecular weight excluding hydrogens is 333 g/mol. The average Bonchev–Trinajstić information content (AvgIpc) is 3.17. The Morgan fingerprint density at radius 3 is 2.77 bits per heavy atom. The Morgan fingerprint density at radius 1 is 1.12 bits per heavy atom. The van der Waals surface area contributed by atoms with Crippen molar-refractivity contribution >= 4 is 11.5 Å². The molecule has 0 aliphatic rings. The largest absolute Gasteiger partial charge is 0.496 e. The third-order valence-electron chi connectivity index (χ3n) is 4.16. The number of aromatic nitrogens is 4. The maximum atomic E-state index is 13.3. The summed E-state index contributed by atoms with van der Waals surface area (Å²) >= 11 is 0. The van der Waals surface area contributed by atoms with Crippen LogP contribution in [0.5, 0.6) is 5.75 Å². The molecule has 0 spiro atoms. The van der Waals surface area contributed by atoms with Crippen LogP contribution in [0.3, 0.4) is 0 Å². The molecule has 1 aromatic carbocycles. The monoisotopic (exact) mass is 349 g/mol. The van der Waals surface area contributed by atoms with E-state index in [1.165, 1.54) is 19.2 Å². The minimum absolute atomic E-state index is 0.325. The highest BCUT2D eigenvalue weighted by Crippen LogP contribution is 2.26.